The van der Waals surface area contributed by atoms with Crippen molar-refractivity contribution in [1.29, 1.82) is 0 Å². The molecule has 0 aliphatic heterocycles. The summed E-state index contributed by atoms with van der Waals surface area (Å²) in [6, 6.07) is 24.8. The molecule has 3 aromatic rings. The van der Waals surface area contributed by atoms with Crippen LogP contribution in [0.5, 0.6) is 11.5 Å². The molecule has 2 nitrogen and oxygen atoms in total. The lowest BCUT2D eigenvalue weighted by atomic mass is 9.99. The normalized spacial score (nSPS) is 11.3. The van der Waals surface area contributed by atoms with Crippen molar-refractivity contribution in [2.45, 2.75) is 48.5 Å². The highest BCUT2D eigenvalue weighted by Gasteiger charge is 2.04. The molecule has 194 valence electrons. The Bertz CT molecular complexity index is 1170. The van der Waals surface area contributed by atoms with Gasteiger partial charge in [-0.1, -0.05) is 95.0 Å². The molecule has 0 heterocycles. The highest BCUT2D eigenvalue weighted by molar-refractivity contribution is 5.73. The predicted molar refractivity (Wildman–Crippen MR) is 163 cm³/mol. The molecular weight excluding hydrogens is 452 g/mol. The minimum atomic E-state index is 0.752. The smallest absolute Gasteiger partial charge is 0.127 e. The molecule has 0 aromatic heterocycles. The van der Waals surface area contributed by atoms with Crippen LogP contribution in [0.1, 0.15) is 48.5 Å². The van der Waals surface area contributed by atoms with Crippen molar-refractivity contribution in [2.24, 2.45) is 0 Å². The summed E-state index contributed by atoms with van der Waals surface area (Å²) in [5, 5.41) is 0. The van der Waals surface area contributed by atoms with E-state index in [-0.39, 0.29) is 0 Å². The number of rotatable bonds is 9. The molecule has 0 aliphatic carbocycles. The van der Waals surface area contributed by atoms with Crippen LogP contribution in [0.4, 0.5) is 0 Å². The van der Waals surface area contributed by atoms with Crippen molar-refractivity contribution in [1.82, 2.24) is 0 Å². The minimum absolute atomic E-state index is 0.752. The van der Waals surface area contributed by atoms with Crippen LogP contribution < -0.4 is 9.47 Å². The van der Waals surface area contributed by atoms with Crippen LogP contribution in [-0.4, -0.2) is 0 Å². The van der Waals surface area contributed by atoms with Crippen LogP contribution in [0, 0.1) is 0 Å². The van der Waals surface area contributed by atoms with Gasteiger partial charge in [-0.15, -0.1) is 0 Å². The molecule has 0 fully saturated rings. The molecule has 2 heteroatoms. The van der Waals surface area contributed by atoms with Crippen LogP contribution in [0.15, 0.2) is 133 Å². The zero-order chi connectivity index (χ0) is 27.5. The second kappa shape index (κ2) is 18.3. The third-order valence-electron chi connectivity index (χ3n) is 4.94. The van der Waals surface area contributed by atoms with E-state index in [1.807, 2.05) is 109 Å². The van der Waals surface area contributed by atoms with Gasteiger partial charge in [0.15, 0.2) is 0 Å². The Hall–Kier alpha value is -4.04. The molecule has 0 N–H and O–H groups in total. The highest BCUT2D eigenvalue weighted by atomic mass is 16.5. The van der Waals surface area contributed by atoms with E-state index in [0.29, 0.717) is 0 Å². The summed E-state index contributed by atoms with van der Waals surface area (Å²) in [5.74, 6) is 3.19. The lowest BCUT2D eigenvalue weighted by Crippen LogP contribution is -1.92. The third-order valence-corrected chi connectivity index (χ3v) is 4.94. The molecule has 0 aliphatic rings. The third kappa shape index (κ3) is 10.2. The number of allylic oxidation sites excluding steroid dienone is 7. The van der Waals surface area contributed by atoms with Crippen LogP contribution in [0.2, 0.25) is 0 Å². The molecule has 0 saturated heterocycles. The Morgan fingerprint density at radius 3 is 1.43 bits per heavy atom. The molecule has 0 unspecified atom stereocenters. The maximum Gasteiger partial charge on any atom is 0.127 e. The molecule has 0 bridgehead atoms. The van der Waals surface area contributed by atoms with E-state index >= 15 is 0 Å². The van der Waals surface area contributed by atoms with Crippen molar-refractivity contribution in [3.8, 4) is 33.8 Å². The van der Waals surface area contributed by atoms with E-state index in [2.05, 4.69) is 55.1 Å². The van der Waals surface area contributed by atoms with Crippen LogP contribution >= 0.6 is 0 Å². The zero-order valence-corrected chi connectivity index (χ0v) is 23.5. The van der Waals surface area contributed by atoms with Crippen molar-refractivity contribution in [3.05, 3.63) is 133 Å². The summed E-state index contributed by atoms with van der Waals surface area (Å²) < 4.78 is 11.8. The van der Waals surface area contributed by atoms with Crippen LogP contribution in [0.3, 0.4) is 0 Å². The van der Waals surface area contributed by atoms with E-state index in [0.717, 1.165) is 45.3 Å². The summed E-state index contributed by atoms with van der Waals surface area (Å²) >= 11 is 0. The molecule has 0 saturated carbocycles. The average Bonchev–Trinajstić information content (AvgIpc) is 2.96. The van der Waals surface area contributed by atoms with E-state index in [4.69, 9.17) is 9.47 Å². The lowest BCUT2D eigenvalue weighted by molar-refractivity contribution is 0.443. The van der Waals surface area contributed by atoms with Gasteiger partial charge >= 0.3 is 0 Å². The highest BCUT2D eigenvalue weighted by Crippen LogP contribution is 2.29. The first kappa shape index (κ1) is 31.0. The van der Waals surface area contributed by atoms with Crippen molar-refractivity contribution in [2.75, 3.05) is 0 Å². The molecule has 0 amide bonds. The lowest BCUT2D eigenvalue weighted by Gasteiger charge is -2.10. The quantitative estimate of drug-likeness (QED) is 0.217. The summed E-state index contributed by atoms with van der Waals surface area (Å²) in [7, 11) is 0. The van der Waals surface area contributed by atoms with Gasteiger partial charge in [-0.05, 0) is 97.7 Å². The Morgan fingerprint density at radius 1 is 0.595 bits per heavy atom. The topological polar surface area (TPSA) is 18.5 Å². The van der Waals surface area contributed by atoms with Crippen LogP contribution in [0.25, 0.3) is 22.3 Å². The monoisotopic (exact) mass is 494 g/mol. The van der Waals surface area contributed by atoms with Crippen molar-refractivity contribution >= 4 is 0 Å². The Morgan fingerprint density at radius 2 is 1.03 bits per heavy atom. The summed E-state index contributed by atoms with van der Waals surface area (Å²) in [5.41, 5.74) is 4.58. The van der Waals surface area contributed by atoms with Gasteiger partial charge in [-0.3, -0.25) is 0 Å². The predicted octanol–water partition coefficient (Wildman–Crippen LogP) is 11.0. The van der Waals surface area contributed by atoms with E-state index in [1.54, 1.807) is 6.08 Å². The first-order chi connectivity index (χ1) is 18.2. The fraction of sp³-hybridized carbons (Fsp3) is 0.200. The molecule has 0 radical (unpaired) electrons. The van der Waals surface area contributed by atoms with Gasteiger partial charge in [0.1, 0.15) is 23.0 Å². The summed E-state index contributed by atoms with van der Waals surface area (Å²) in [6.45, 7) is 17.6. The van der Waals surface area contributed by atoms with Gasteiger partial charge in [0, 0.05) is 0 Å². The van der Waals surface area contributed by atoms with E-state index < -0.39 is 0 Å². The standard InChI is InChI=1S/C31H30O2.2C2H6/c1-5-10-28(8-4)32-30-19-15-24(16-20-30)26-13-9-14-27(23-26)25-17-21-31(22-18-25)33-29(11-6-2)12-7-3;2*1-2/h5-23H,2H2,1,3-4H3;2*1-2H3/b10-5-,12-7-,28-8+,29-11+;;. The van der Waals surface area contributed by atoms with E-state index in [9.17, 15) is 0 Å². The minimum Gasteiger partial charge on any atom is -0.458 e. The summed E-state index contributed by atoms with van der Waals surface area (Å²) in [6.07, 6.45) is 13.3. The van der Waals surface area contributed by atoms with Gasteiger partial charge in [-0.25, -0.2) is 0 Å². The van der Waals surface area contributed by atoms with Crippen LogP contribution in [-0.2, 0) is 0 Å². The number of benzene rings is 3. The first-order valence-corrected chi connectivity index (χ1v) is 13.1. The number of hydrogen-bond donors (Lipinski definition) is 0. The molecule has 0 atom stereocenters. The average molecular weight is 495 g/mol. The second-order valence-corrected chi connectivity index (χ2v) is 7.33. The zero-order valence-electron chi connectivity index (χ0n) is 23.5. The first-order valence-electron chi connectivity index (χ1n) is 13.1. The fourth-order valence-electron chi connectivity index (χ4n) is 3.34. The van der Waals surface area contributed by atoms with Crippen molar-refractivity contribution in [3.63, 3.8) is 0 Å². The number of hydrogen-bond acceptors (Lipinski definition) is 2. The molecule has 37 heavy (non-hydrogen) atoms. The van der Waals surface area contributed by atoms with Gasteiger partial charge in [0.25, 0.3) is 0 Å². The molecular formula is C35H42O2. The maximum atomic E-state index is 5.92. The van der Waals surface area contributed by atoms with Crippen molar-refractivity contribution < 1.29 is 9.47 Å². The SMILES string of the molecule is C=C/C=C(\C=C/C)Oc1ccc(-c2cccc(-c3ccc(OC(/C=C\C)=C/C)cc3)c2)cc1.CC.CC. The van der Waals surface area contributed by atoms with Gasteiger partial charge < -0.3 is 9.47 Å². The van der Waals surface area contributed by atoms with Gasteiger partial charge in [0.2, 0.25) is 0 Å². The largest absolute Gasteiger partial charge is 0.458 e. The maximum absolute atomic E-state index is 5.92. The number of ether oxygens (including phenoxy) is 2. The van der Waals surface area contributed by atoms with E-state index in [1.165, 1.54) is 0 Å². The Labute approximate surface area is 225 Å². The van der Waals surface area contributed by atoms with Gasteiger partial charge in [-0.2, -0.15) is 0 Å². The fourth-order valence-corrected chi connectivity index (χ4v) is 3.34. The molecule has 0 spiro atoms. The molecule has 3 aromatic carbocycles. The second-order valence-electron chi connectivity index (χ2n) is 7.33. The Balaban J connectivity index is 0.00000163. The van der Waals surface area contributed by atoms with Gasteiger partial charge in [0.05, 0.1) is 0 Å². The Kier molecular flexibility index (Phi) is 15.3. The summed E-state index contributed by atoms with van der Waals surface area (Å²) in [4.78, 5) is 0. The molecule has 3 rings (SSSR count).